The molecule has 0 bridgehead atoms. The lowest BCUT2D eigenvalue weighted by atomic mass is 10.2. The molecule has 0 aliphatic carbocycles. The van der Waals surface area contributed by atoms with Crippen LogP contribution in [0.5, 0.6) is 0 Å². The van der Waals surface area contributed by atoms with Crippen molar-refractivity contribution in [3.8, 4) is 0 Å². The molecule has 1 aliphatic rings. The zero-order valence-electron chi connectivity index (χ0n) is 11.5. The van der Waals surface area contributed by atoms with E-state index in [9.17, 15) is 13.2 Å². The Morgan fingerprint density at radius 1 is 1.35 bits per heavy atom. The molecule has 7 nitrogen and oxygen atoms in total. The Labute approximate surface area is 118 Å². The summed E-state index contributed by atoms with van der Waals surface area (Å²) in [5.74, 6) is 0.316. The van der Waals surface area contributed by atoms with Gasteiger partial charge in [0.2, 0.25) is 11.9 Å². The number of anilines is 1. The first kappa shape index (κ1) is 14.7. The summed E-state index contributed by atoms with van der Waals surface area (Å²) in [7, 11) is -2.98. The summed E-state index contributed by atoms with van der Waals surface area (Å²) < 4.78 is 22.6. The van der Waals surface area contributed by atoms with E-state index in [1.807, 2.05) is 19.9 Å². The molecule has 8 heteroatoms. The second-order valence-electron chi connectivity index (χ2n) is 5.00. The first-order chi connectivity index (χ1) is 9.34. The van der Waals surface area contributed by atoms with Gasteiger partial charge in [-0.2, -0.15) is 0 Å². The van der Waals surface area contributed by atoms with Crippen LogP contribution < -0.4 is 10.6 Å². The SMILES string of the molecule is Cc1cc(C)nc(NCC(=O)N[C@H]2CCS(=O)(=O)C2)n1. The number of nitrogens with zero attached hydrogens (tertiary/aromatic N) is 2. The Bertz CT molecular complexity index is 595. The average Bonchev–Trinajstić information content (AvgIpc) is 2.65. The summed E-state index contributed by atoms with van der Waals surface area (Å²) in [5.41, 5.74) is 1.64. The predicted molar refractivity (Wildman–Crippen MR) is 75.2 cm³/mol. The van der Waals surface area contributed by atoms with Gasteiger partial charge in [0.15, 0.2) is 9.84 Å². The molecule has 1 aliphatic heterocycles. The molecule has 1 fully saturated rings. The molecule has 0 radical (unpaired) electrons. The lowest BCUT2D eigenvalue weighted by Crippen LogP contribution is -2.39. The number of amides is 1. The van der Waals surface area contributed by atoms with Gasteiger partial charge < -0.3 is 10.6 Å². The fourth-order valence-corrected chi connectivity index (χ4v) is 3.83. The van der Waals surface area contributed by atoms with Crippen molar-refractivity contribution in [2.24, 2.45) is 0 Å². The fourth-order valence-electron chi connectivity index (χ4n) is 2.15. The molecule has 1 aromatic rings. The summed E-state index contributed by atoms with van der Waals surface area (Å²) in [6.07, 6.45) is 0.480. The van der Waals surface area contributed by atoms with Crippen molar-refractivity contribution in [1.29, 1.82) is 0 Å². The van der Waals surface area contributed by atoms with Crippen LogP contribution in [0, 0.1) is 13.8 Å². The molecular formula is C12H18N4O3S. The number of carbonyl (C=O) groups is 1. The molecule has 0 saturated carbocycles. The smallest absolute Gasteiger partial charge is 0.239 e. The van der Waals surface area contributed by atoms with Crippen LogP contribution in [0.3, 0.4) is 0 Å². The Kier molecular flexibility index (Phi) is 4.22. The number of hydrogen-bond acceptors (Lipinski definition) is 6. The Morgan fingerprint density at radius 2 is 2.00 bits per heavy atom. The summed E-state index contributed by atoms with van der Waals surface area (Å²) in [5, 5.41) is 5.53. The summed E-state index contributed by atoms with van der Waals surface area (Å²) in [6.45, 7) is 3.73. The minimum atomic E-state index is -2.98. The molecule has 0 unspecified atom stereocenters. The van der Waals surface area contributed by atoms with Gasteiger partial charge in [-0.25, -0.2) is 18.4 Å². The second kappa shape index (κ2) is 5.74. The predicted octanol–water partition coefficient (Wildman–Crippen LogP) is -0.191. The van der Waals surface area contributed by atoms with Crippen molar-refractivity contribution in [2.45, 2.75) is 26.3 Å². The molecule has 2 rings (SSSR count). The Balaban J connectivity index is 1.83. The van der Waals surface area contributed by atoms with Gasteiger partial charge in [-0.3, -0.25) is 4.79 Å². The number of aryl methyl sites for hydroxylation is 2. The molecule has 2 N–H and O–H groups in total. The molecule has 0 aromatic carbocycles. The first-order valence-electron chi connectivity index (χ1n) is 6.40. The molecule has 110 valence electrons. The molecule has 20 heavy (non-hydrogen) atoms. The van der Waals surface area contributed by atoms with Crippen LogP contribution in [0.15, 0.2) is 6.07 Å². The molecule has 1 saturated heterocycles. The van der Waals surface area contributed by atoms with Crippen LogP contribution in [0.4, 0.5) is 5.95 Å². The third-order valence-corrected chi connectivity index (χ3v) is 4.75. The van der Waals surface area contributed by atoms with E-state index in [0.29, 0.717) is 12.4 Å². The number of aromatic nitrogens is 2. The van der Waals surface area contributed by atoms with Crippen LogP contribution in [0.1, 0.15) is 17.8 Å². The van der Waals surface area contributed by atoms with E-state index in [2.05, 4.69) is 20.6 Å². The molecule has 0 spiro atoms. The highest BCUT2D eigenvalue weighted by molar-refractivity contribution is 7.91. The van der Waals surface area contributed by atoms with Gasteiger partial charge in [0.1, 0.15) is 0 Å². The van der Waals surface area contributed by atoms with Crippen molar-refractivity contribution in [2.75, 3.05) is 23.4 Å². The van der Waals surface area contributed by atoms with Crippen molar-refractivity contribution >= 4 is 21.7 Å². The maximum absolute atomic E-state index is 11.7. The van der Waals surface area contributed by atoms with E-state index < -0.39 is 9.84 Å². The van der Waals surface area contributed by atoms with Crippen molar-refractivity contribution < 1.29 is 13.2 Å². The van der Waals surface area contributed by atoms with E-state index >= 15 is 0 Å². The largest absolute Gasteiger partial charge is 0.351 e. The van der Waals surface area contributed by atoms with Crippen LogP contribution >= 0.6 is 0 Å². The maximum atomic E-state index is 11.7. The average molecular weight is 298 g/mol. The number of carbonyl (C=O) groups excluding carboxylic acids is 1. The Morgan fingerprint density at radius 3 is 2.55 bits per heavy atom. The lowest BCUT2D eigenvalue weighted by molar-refractivity contribution is -0.119. The van der Waals surface area contributed by atoms with Gasteiger partial charge in [-0.15, -0.1) is 0 Å². The van der Waals surface area contributed by atoms with E-state index in [-0.39, 0.29) is 30.0 Å². The summed E-state index contributed by atoms with van der Waals surface area (Å²) in [4.78, 5) is 20.1. The molecule has 1 atom stereocenters. The number of sulfone groups is 1. The summed E-state index contributed by atoms with van der Waals surface area (Å²) >= 11 is 0. The van der Waals surface area contributed by atoms with Gasteiger partial charge in [0.05, 0.1) is 18.1 Å². The van der Waals surface area contributed by atoms with Crippen LogP contribution in [-0.4, -0.2) is 48.4 Å². The highest BCUT2D eigenvalue weighted by atomic mass is 32.2. The molecule has 1 amide bonds. The number of hydrogen-bond donors (Lipinski definition) is 2. The van der Waals surface area contributed by atoms with Gasteiger partial charge in [0, 0.05) is 17.4 Å². The Hall–Kier alpha value is -1.70. The quantitative estimate of drug-likeness (QED) is 0.799. The van der Waals surface area contributed by atoms with Gasteiger partial charge in [-0.1, -0.05) is 0 Å². The van der Waals surface area contributed by atoms with E-state index in [1.54, 1.807) is 0 Å². The van der Waals surface area contributed by atoms with Crippen LogP contribution in [0.25, 0.3) is 0 Å². The molecule has 1 aromatic heterocycles. The minimum Gasteiger partial charge on any atom is -0.351 e. The fraction of sp³-hybridized carbons (Fsp3) is 0.583. The second-order valence-corrected chi connectivity index (χ2v) is 7.22. The van der Waals surface area contributed by atoms with Crippen molar-refractivity contribution in [1.82, 2.24) is 15.3 Å². The van der Waals surface area contributed by atoms with Crippen molar-refractivity contribution in [3.63, 3.8) is 0 Å². The number of rotatable bonds is 4. The third kappa shape index (κ3) is 4.16. The van der Waals surface area contributed by atoms with Crippen LogP contribution in [-0.2, 0) is 14.6 Å². The van der Waals surface area contributed by atoms with E-state index in [0.717, 1.165) is 11.4 Å². The third-order valence-electron chi connectivity index (χ3n) is 2.99. The van der Waals surface area contributed by atoms with Gasteiger partial charge in [0.25, 0.3) is 0 Å². The van der Waals surface area contributed by atoms with Crippen molar-refractivity contribution in [3.05, 3.63) is 17.5 Å². The van der Waals surface area contributed by atoms with E-state index in [1.165, 1.54) is 0 Å². The normalized spacial score (nSPS) is 20.6. The zero-order chi connectivity index (χ0) is 14.8. The topological polar surface area (TPSA) is 101 Å². The van der Waals surface area contributed by atoms with Gasteiger partial charge in [-0.05, 0) is 26.3 Å². The van der Waals surface area contributed by atoms with Gasteiger partial charge >= 0.3 is 0 Å². The minimum absolute atomic E-state index is 0.0266. The summed E-state index contributed by atoms with van der Waals surface area (Å²) in [6, 6.07) is 1.56. The molecule has 2 heterocycles. The monoisotopic (exact) mass is 298 g/mol. The number of nitrogens with one attached hydrogen (secondary N) is 2. The maximum Gasteiger partial charge on any atom is 0.239 e. The highest BCUT2D eigenvalue weighted by Crippen LogP contribution is 2.11. The molecular weight excluding hydrogens is 280 g/mol. The standard InChI is InChI=1S/C12H18N4O3S/c1-8-5-9(2)15-12(14-8)13-6-11(17)16-10-3-4-20(18,19)7-10/h5,10H,3-4,6-7H2,1-2H3,(H,16,17)(H,13,14,15)/t10-/m0/s1. The lowest BCUT2D eigenvalue weighted by Gasteiger charge is -2.11. The van der Waals surface area contributed by atoms with Crippen LogP contribution in [0.2, 0.25) is 0 Å². The first-order valence-corrected chi connectivity index (χ1v) is 8.22. The highest BCUT2D eigenvalue weighted by Gasteiger charge is 2.28. The van der Waals surface area contributed by atoms with E-state index in [4.69, 9.17) is 0 Å². The zero-order valence-corrected chi connectivity index (χ0v) is 12.3.